The molecule has 1 fully saturated rings. The summed E-state index contributed by atoms with van der Waals surface area (Å²) in [5, 5.41) is 14.2. The molecule has 2 rings (SSSR count). The zero-order valence-corrected chi connectivity index (χ0v) is 9.31. The van der Waals surface area contributed by atoms with E-state index < -0.39 is 0 Å². The van der Waals surface area contributed by atoms with Gasteiger partial charge in [0.1, 0.15) is 0 Å². The first-order valence-corrected chi connectivity index (χ1v) is 5.48. The van der Waals surface area contributed by atoms with E-state index in [2.05, 4.69) is 5.10 Å². The van der Waals surface area contributed by atoms with Crippen molar-refractivity contribution in [2.24, 2.45) is 7.05 Å². The SMILES string of the molecule is COc1cnn(C)c1C1CCCCC1O. The summed E-state index contributed by atoms with van der Waals surface area (Å²) < 4.78 is 7.09. The van der Waals surface area contributed by atoms with Gasteiger partial charge in [0.05, 0.1) is 25.1 Å². The molecule has 1 heterocycles. The van der Waals surface area contributed by atoms with Gasteiger partial charge >= 0.3 is 0 Å². The highest BCUT2D eigenvalue weighted by Crippen LogP contribution is 2.37. The Balaban J connectivity index is 2.29. The second kappa shape index (κ2) is 4.23. The van der Waals surface area contributed by atoms with Crippen molar-refractivity contribution in [3.63, 3.8) is 0 Å². The van der Waals surface area contributed by atoms with Crippen LogP contribution in [0.2, 0.25) is 0 Å². The molecular weight excluding hydrogens is 192 g/mol. The maximum absolute atomic E-state index is 9.99. The van der Waals surface area contributed by atoms with E-state index in [0.717, 1.165) is 30.7 Å². The summed E-state index contributed by atoms with van der Waals surface area (Å²) in [5.74, 6) is 0.977. The number of hydrogen-bond acceptors (Lipinski definition) is 3. The van der Waals surface area contributed by atoms with Crippen LogP contribution < -0.4 is 4.74 Å². The number of aliphatic hydroxyl groups is 1. The second-order valence-corrected chi connectivity index (χ2v) is 4.18. The molecule has 1 N–H and O–H groups in total. The van der Waals surface area contributed by atoms with Crippen LogP contribution in [0.3, 0.4) is 0 Å². The van der Waals surface area contributed by atoms with Crippen molar-refractivity contribution in [2.75, 3.05) is 7.11 Å². The standard InChI is InChI=1S/C11H18N2O2/c1-13-11(10(15-2)7-12-13)8-5-3-4-6-9(8)14/h7-9,14H,3-6H2,1-2H3. The Morgan fingerprint density at radius 3 is 2.87 bits per heavy atom. The molecule has 84 valence electrons. The van der Waals surface area contributed by atoms with E-state index in [1.165, 1.54) is 6.42 Å². The minimum absolute atomic E-state index is 0.182. The summed E-state index contributed by atoms with van der Waals surface area (Å²) in [7, 11) is 3.55. The van der Waals surface area contributed by atoms with Gasteiger partial charge in [-0.2, -0.15) is 5.10 Å². The van der Waals surface area contributed by atoms with Gasteiger partial charge in [-0.25, -0.2) is 0 Å². The summed E-state index contributed by atoms with van der Waals surface area (Å²) in [6.07, 6.45) is 5.68. The summed E-state index contributed by atoms with van der Waals surface area (Å²) in [6, 6.07) is 0. The fraction of sp³-hybridized carbons (Fsp3) is 0.727. The highest BCUT2D eigenvalue weighted by Gasteiger charge is 2.29. The lowest BCUT2D eigenvalue weighted by molar-refractivity contribution is 0.101. The minimum atomic E-state index is -0.247. The zero-order valence-electron chi connectivity index (χ0n) is 9.31. The molecule has 2 unspecified atom stereocenters. The fourth-order valence-electron chi connectivity index (χ4n) is 2.44. The number of nitrogens with zero attached hydrogens (tertiary/aromatic N) is 2. The van der Waals surface area contributed by atoms with Crippen molar-refractivity contribution < 1.29 is 9.84 Å². The van der Waals surface area contributed by atoms with Gasteiger partial charge in [0.25, 0.3) is 0 Å². The van der Waals surface area contributed by atoms with Crippen LogP contribution in [-0.4, -0.2) is 28.1 Å². The zero-order chi connectivity index (χ0) is 10.8. The number of ether oxygens (including phenoxy) is 1. The third-order valence-electron chi connectivity index (χ3n) is 3.25. The van der Waals surface area contributed by atoms with Gasteiger partial charge in [0.2, 0.25) is 0 Å². The molecule has 0 spiro atoms. The van der Waals surface area contributed by atoms with E-state index in [1.54, 1.807) is 13.3 Å². The largest absolute Gasteiger partial charge is 0.493 e. The molecular formula is C11H18N2O2. The minimum Gasteiger partial charge on any atom is -0.493 e. The summed E-state index contributed by atoms with van der Waals surface area (Å²) in [5.41, 5.74) is 1.03. The highest BCUT2D eigenvalue weighted by molar-refractivity contribution is 5.29. The maximum Gasteiger partial charge on any atom is 0.160 e. The number of aryl methyl sites for hydroxylation is 1. The number of aromatic nitrogens is 2. The Morgan fingerprint density at radius 2 is 2.20 bits per heavy atom. The summed E-state index contributed by atoms with van der Waals surface area (Å²) in [4.78, 5) is 0. The van der Waals surface area contributed by atoms with Crippen LogP contribution in [0.1, 0.15) is 37.3 Å². The molecule has 15 heavy (non-hydrogen) atoms. The lowest BCUT2D eigenvalue weighted by Crippen LogP contribution is -2.24. The van der Waals surface area contributed by atoms with Crippen molar-refractivity contribution in [3.05, 3.63) is 11.9 Å². The van der Waals surface area contributed by atoms with Crippen LogP contribution >= 0.6 is 0 Å². The Labute approximate surface area is 89.9 Å². The molecule has 0 bridgehead atoms. The summed E-state index contributed by atoms with van der Waals surface area (Å²) in [6.45, 7) is 0. The molecule has 4 nitrogen and oxygen atoms in total. The van der Waals surface area contributed by atoms with Gasteiger partial charge in [0, 0.05) is 13.0 Å². The maximum atomic E-state index is 9.99. The molecule has 0 saturated heterocycles. The lowest BCUT2D eigenvalue weighted by atomic mass is 9.84. The first kappa shape index (κ1) is 10.5. The fourth-order valence-corrected chi connectivity index (χ4v) is 2.44. The van der Waals surface area contributed by atoms with Crippen LogP contribution in [0.5, 0.6) is 5.75 Å². The van der Waals surface area contributed by atoms with Gasteiger partial charge in [-0.15, -0.1) is 0 Å². The quantitative estimate of drug-likeness (QED) is 0.803. The molecule has 1 aromatic rings. The van der Waals surface area contributed by atoms with E-state index in [4.69, 9.17) is 4.74 Å². The van der Waals surface area contributed by atoms with Crippen molar-refractivity contribution in [1.82, 2.24) is 9.78 Å². The van der Waals surface area contributed by atoms with E-state index in [0.29, 0.717) is 0 Å². The third-order valence-corrected chi connectivity index (χ3v) is 3.25. The van der Waals surface area contributed by atoms with Gasteiger partial charge in [0.15, 0.2) is 5.75 Å². The molecule has 0 radical (unpaired) electrons. The predicted octanol–water partition coefficient (Wildman–Crippen LogP) is 1.45. The van der Waals surface area contributed by atoms with E-state index in [1.807, 2.05) is 11.7 Å². The predicted molar refractivity (Wildman–Crippen MR) is 57.0 cm³/mol. The van der Waals surface area contributed by atoms with Crippen LogP contribution in [-0.2, 0) is 7.05 Å². The number of aliphatic hydroxyl groups excluding tert-OH is 1. The van der Waals surface area contributed by atoms with Crippen molar-refractivity contribution in [1.29, 1.82) is 0 Å². The van der Waals surface area contributed by atoms with E-state index >= 15 is 0 Å². The van der Waals surface area contributed by atoms with Crippen molar-refractivity contribution in [2.45, 2.75) is 37.7 Å². The highest BCUT2D eigenvalue weighted by atomic mass is 16.5. The second-order valence-electron chi connectivity index (χ2n) is 4.18. The Kier molecular flexibility index (Phi) is 2.95. The Morgan fingerprint density at radius 1 is 1.47 bits per heavy atom. The molecule has 1 aliphatic rings. The van der Waals surface area contributed by atoms with Crippen LogP contribution in [0, 0.1) is 0 Å². The lowest BCUT2D eigenvalue weighted by Gasteiger charge is -2.28. The Hall–Kier alpha value is -1.03. The summed E-state index contributed by atoms with van der Waals surface area (Å²) >= 11 is 0. The monoisotopic (exact) mass is 210 g/mol. The van der Waals surface area contributed by atoms with Crippen LogP contribution in [0.4, 0.5) is 0 Å². The topological polar surface area (TPSA) is 47.3 Å². The molecule has 2 atom stereocenters. The molecule has 0 aliphatic heterocycles. The first-order valence-electron chi connectivity index (χ1n) is 5.48. The number of hydrogen-bond donors (Lipinski definition) is 1. The van der Waals surface area contributed by atoms with Gasteiger partial charge in [-0.3, -0.25) is 4.68 Å². The molecule has 4 heteroatoms. The van der Waals surface area contributed by atoms with Gasteiger partial charge in [-0.05, 0) is 12.8 Å². The average molecular weight is 210 g/mol. The molecule has 1 saturated carbocycles. The smallest absolute Gasteiger partial charge is 0.160 e. The van der Waals surface area contributed by atoms with Crippen molar-refractivity contribution >= 4 is 0 Å². The van der Waals surface area contributed by atoms with E-state index in [-0.39, 0.29) is 12.0 Å². The normalized spacial score (nSPS) is 26.6. The number of methoxy groups -OCH3 is 1. The molecule has 0 amide bonds. The van der Waals surface area contributed by atoms with Crippen molar-refractivity contribution in [3.8, 4) is 5.75 Å². The third kappa shape index (κ3) is 1.86. The van der Waals surface area contributed by atoms with Gasteiger partial charge < -0.3 is 9.84 Å². The van der Waals surface area contributed by atoms with E-state index in [9.17, 15) is 5.11 Å². The average Bonchev–Trinajstić information content (AvgIpc) is 2.60. The number of rotatable bonds is 2. The van der Waals surface area contributed by atoms with Gasteiger partial charge in [-0.1, -0.05) is 12.8 Å². The molecule has 1 aliphatic carbocycles. The molecule has 1 aromatic heterocycles. The first-order chi connectivity index (χ1) is 7.24. The van der Waals surface area contributed by atoms with Crippen LogP contribution in [0.25, 0.3) is 0 Å². The molecule has 0 aromatic carbocycles. The Bertz CT molecular complexity index is 335. The van der Waals surface area contributed by atoms with Crippen LogP contribution in [0.15, 0.2) is 6.20 Å².